The van der Waals surface area contributed by atoms with Crippen molar-refractivity contribution in [3.05, 3.63) is 60.2 Å². The number of aryl methyl sites for hydroxylation is 1. The Morgan fingerprint density at radius 2 is 1.53 bits per heavy atom. The summed E-state index contributed by atoms with van der Waals surface area (Å²) in [5, 5.41) is 1.55. The highest BCUT2D eigenvalue weighted by molar-refractivity contribution is 7.79. The first-order chi connectivity index (χ1) is 7.34. The predicted octanol–water partition coefficient (Wildman–Crippen LogP) is 1.44. The Labute approximate surface area is 93.7 Å². The van der Waals surface area contributed by atoms with Gasteiger partial charge in [-0.1, -0.05) is 48.0 Å². The van der Waals surface area contributed by atoms with Gasteiger partial charge in [0.05, 0.1) is 0 Å². The Morgan fingerprint density at radius 1 is 0.867 bits per heavy atom. The summed E-state index contributed by atoms with van der Waals surface area (Å²) in [4.78, 5) is 0. The predicted molar refractivity (Wildman–Crippen MR) is 75.1 cm³/mol. The van der Waals surface area contributed by atoms with Crippen LogP contribution in [0.25, 0.3) is 0 Å². The van der Waals surface area contributed by atoms with E-state index in [9.17, 15) is 0 Å². The Kier molecular flexibility index (Phi) is 3.58. The van der Waals surface area contributed by atoms with Gasteiger partial charge < -0.3 is 0 Å². The van der Waals surface area contributed by atoms with Crippen LogP contribution in [0.15, 0.2) is 54.6 Å². The summed E-state index contributed by atoms with van der Waals surface area (Å²) >= 11 is 0. The van der Waals surface area contributed by atoms with Crippen molar-refractivity contribution in [2.75, 3.05) is 0 Å². The molecule has 0 heterocycles. The maximum absolute atomic E-state index is 2.30. The van der Waals surface area contributed by atoms with Gasteiger partial charge in [0.1, 0.15) is 0 Å². The van der Waals surface area contributed by atoms with Crippen LogP contribution in [-0.2, 0) is 0 Å². The SMILES string of the molecule is Cc1ccc([BH2-][PH2+]c2ccccc2)cc1. The molecule has 0 fully saturated rings. The molecule has 0 nitrogen and oxygen atoms in total. The van der Waals surface area contributed by atoms with E-state index >= 15 is 0 Å². The molecular weight excluding hydrogens is 198 g/mol. The van der Waals surface area contributed by atoms with Gasteiger partial charge in [-0.25, -0.2) is 0 Å². The van der Waals surface area contributed by atoms with Crippen molar-refractivity contribution in [2.45, 2.75) is 6.92 Å². The molecule has 0 amide bonds. The van der Waals surface area contributed by atoms with Gasteiger partial charge in [-0.2, -0.15) is 5.46 Å². The van der Waals surface area contributed by atoms with E-state index in [0.29, 0.717) is 8.46 Å². The normalized spacial score (nSPS) is 11.0. The first kappa shape index (κ1) is 10.5. The number of rotatable bonds is 3. The molecule has 0 spiro atoms. The largest absolute Gasteiger partial charge is 0.172 e. The highest BCUT2D eigenvalue weighted by Gasteiger charge is 1.95. The van der Waals surface area contributed by atoms with Crippen molar-refractivity contribution >= 4 is 26.2 Å². The summed E-state index contributed by atoms with van der Waals surface area (Å²) in [6.07, 6.45) is 0. The lowest BCUT2D eigenvalue weighted by atomic mass is 9.94. The molecule has 0 radical (unpaired) electrons. The average molecular weight is 214 g/mol. The van der Waals surface area contributed by atoms with E-state index in [0.717, 1.165) is 0 Å². The average Bonchev–Trinajstić information content (AvgIpc) is 2.30. The van der Waals surface area contributed by atoms with Gasteiger partial charge >= 0.3 is 0 Å². The van der Waals surface area contributed by atoms with Crippen molar-refractivity contribution < 1.29 is 0 Å². The molecule has 0 saturated carbocycles. The minimum atomic E-state index is 0.0831. The van der Waals surface area contributed by atoms with E-state index in [1.165, 1.54) is 5.56 Å². The smallest absolute Gasteiger partial charge is 0.167 e. The number of hydrogen-bond acceptors (Lipinski definition) is 0. The second kappa shape index (κ2) is 5.14. The molecule has 0 aliphatic carbocycles. The summed E-state index contributed by atoms with van der Waals surface area (Å²) in [6, 6.07) is 19.9. The van der Waals surface area contributed by atoms with Gasteiger partial charge in [-0.05, 0) is 19.1 Å². The lowest BCUT2D eigenvalue weighted by Gasteiger charge is -2.02. The molecule has 76 valence electrons. The van der Waals surface area contributed by atoms with E-state index in [-0.39, 0.29) is 7.00 Å². The van der Waals surface area contributed by atoms with Gasteiger partial charge in [-0.3, -0.25) is 0 Å². The third-order valence-corrected chi connectivity index (χ3v) is 4.84. The molecular formula is C13H16BP. The Hall–Kier alpha value is -1.07. The highest BCUT2D eigenvalue weighted by atomic mass is 31.1. The molecule has 1 unspecified atom stereocenters. The van der Waals surface area contributed by atoms with Crippen LogP contribution in [0.1, 0.15) is 5.56 Å². The lowest BCUT2D eigenvalue weighted by Crippen LogP contribution is -2.11. The van der Waals surface area contributed by atoms with Crippen LogP contribution in [0.2, 0.25) is 0 Å². The zero-order valence-electron chi connectivity index (χ0n) is 9.27. The minimum absolute atomic E-state index is 0.0831. The monoisotopic (exact) mass is 214 g/mol. The number of benzene rings is 2. The zero-order valence-corrected chi connectivity index (χ0v) is 10.4. The van der Waals surface area contributed by atoms with Crippen molar-refractivity contribution in [2.24, 2.45) is 0 Å². The van der Waals surface area contributed by atoms with E-state index in [4.69, 9.17) is 0 Å². The van der Waals surface area contributed by atoms with Crippen LogP contribution in [0.4, 0.5) is 0 Å². The van der Waals surface area contributed by atoms with Crippen molar-refractivity contribution in [1.29, 1.82) is 0 Å². The topological polar surface area (TPSA) is 0 Å². The molecule has 2 heteroatoms. The summed E-state index contributed by atoms with van der Waals surface area (Å²) in [5.41, 5.74) is 2.94. The van der Waals surface area contributed by atoms with E-state index in [2.05, 4.69) is 61.5 Å². The highest BCUT2D eigenvalue weighted by Crippen LogP contribution is 2.06. The van der Waals surface area contributed by atoms with Crippen molar-refractivity contribution in [3.8, 4) is 0 Å². The van der Waals surface area contributed by atoms with Crippen LogP contribution in [0.3, 0.4) is 0 Å². The van der Waals surface area contributed by atoms with Crippen LogP contribution >= 0.6 is 8.46 Å². The molecule has 0 bridgehead atoms. The van der Waals surface area contributed by atoms with E-state index < -0.39 is 0 Å². The minimum Gasteiger partial charge on any atom is -0.172 e. The summed E-state index contributed by atoms with van der Waals surface area (Å²) in [5.74, 6) is 0. The van der Waals surface area contributed by atoms with Gasteiger partial charge in [0.25, 0.3) is 0 Å². The maximum Gasteiger partial charge on any atom is 0.167 e. The Bertz CT molecular complexity index is 408. The molecule has 0 N–H and O–H groups in total. The second-order valence-corrected chi connectivity index (χ2v) is 5.96. The Morgan fingerprint density at radius 3 is 2.20 bits per heavy atom. The van der Waals surface area contributed by atoms with Crippen LogP contribution in [0.5, 0.6) is 0 Å². The number of hydrogen-bond donors (Lipinski definition) is 0. The molecule has 0 aromatic heterocycles. The first-order valence-corrected chi connectivity index (χ1v) is 7.33. The fourth-order valence-electron chi connectivity index (χ4n) is 1.81. The molecule has 2 aromatic carbocycles. The molecule has 0 saturated heterocycles. The molecule has 0 aliphatic heterocycles. The maximum atomic E-state index is 2.30. The van der Waals surface area contributed by atoms with Crippen molar-refractivity contribution in [3.63, 3.8) is 0 Å². The van der Waals surface area contributed by atoms with Crippen molar-refractivity contribution in [1.82, 2.24) is 0 Å². The molecule has 1 atom stereocenters. The lowest BCUT2D eigenvalue weighted by molar-refractivity contribution is 1.49. The third-order valence-electron chi connectivity index (χ3n) is 2.83. The van der Waals surface area contributed by atoms with Gasteiger partial charge in [-0.15, -0.1) is 8.46 Å². The van der Waals surface area contributed by atoms with Crippen LogP contribution in [-0.4, -0.2) is 7.00 Å². The van der Waals surface area contributed by atoms with E-state index in [1.54, 1.807) is 10.8 Å². The first-order valence-electron chi connectivity index (χ1n) is 5.60. The van der Waals surface area contributed by atoms with Gasteiger partial charge in [0.2, 0.25) is 0 Å². The molecule has 2 rings (SSSR count). The zero-order chi connectivity index (χ0) is 10.5. The molecule has 15 heavy (non-hydrogen) atoms. The summed E-state index contributed by atoms with van der Waals surface area (Å²) in [6.45, 7) is 2.23. The molecule has 0 aliphatic rings. The molecule has 2 aromatic rings. The summed E-state index contributed by atoms with van der Waals surface area (Å²) < 4.78 is 0. The quantitative estimate of drug-likeness (QED) is 0.535. The van der Waals surface area contributed by atoms with E-state index in [1.807, 2.05) is 0 Å². The standard InChI is InChI=1S/C13H16BP/c1-11-7-9-12(10-8-11)14-15-13-5-3-2-4-6-13/h2-10H,14-15H2,1H3. The second-order valence-electron chi connectivity index (χ2n) is 4.14. The summed E-state index contributed by atoms with van der Waals surface area (Å²) in [7, 11) is 0.503. The fourth-order valence-corrected chi connectivity index (χ4v) is 3.47. The fraction of sp³-hybridized carbons (Fsp3) is 0.0769. The van der Waals surface area contributed by atoms with Gasteiger partial charge in [0, 0.05) is 5.30 Å². The van der Waals surface area contributed by atoms with Crippen LogP contribution < -0.4 is 10.8 Å². The third kappa shape index (κ3) is 3.21. The van der Waals surface area contributed by atoms with Crippen LogP contribution in [0, 0.1) is 6.92 Å². The Balaban J connectivity index is 1.96. The van der Waals surface area contributed by atoms with Gasteiger partial charge in [0.15, 0.2) is 7.00 Å².